The van der Waals surface area contributed by atoms with Crippen LogP contribution in [0.25, 0.3) is 0 Å². The number of sulfonamides is 1. The maximum Gasteiger partial charge on any atom is 0.243 e. The molecule has 176 valence electrons. The van der Waals surface area contributed by atoms with Crippen molar-refractivity contribution in [2.75, 3.05) is 6.54 Å². The van der Waals surface area contributed by atoms with E-state index < -0.39 is 15.6 Å². The Hall–Kier alpha value is -2.35. The van der Waals surface area contributed by atoms with Gasteiger partial charge in [-0.3, -0.25) is 9.59 Å². The lowest BCUT2D eigenvalue weighted by molar-refractivity contribution is -0.117. The summed E-state index contributed by atoms with van der Waals surface area (Å²) >= 11 is 0. The number of benzene rings is 2. The van der Waals surface area contributed by atoms with Crippen molar-refractivity contribution in [1.29, 1.82) is 0 Å². The minimum absolute atomic E-state index is 0.0608. The van der Waals surface area contributed by atoms with Gasteiger partial charge >= 0.3 is 0 Å². The fourth-order valence-corrected chi connectivity index (χ4v) is 6.64. The molecule has 1 heterocycles. The number of rotatable bonds is 6. The maximum atomic E-state index is 13.2. The van der Waals surface area contributed by atoms with Crippen molar-refractivity contribution in [3.8, 4) is 0 Å². The molecule has 2 aromatic carbocycles. The van der Waals surface area contributed by atoms with Crippen molar-refractivity contribution in [3.63, 3.8) is 0 Å². The average molecular weight is 469 g/mol. The van der Waals surface area contributed by atoms with E-state index in [4.69, 9.17) is 5.73 Å². The minimum Gasteiger partial charge on any atom is -0.322 e. The van der Waals surface area contributed by atoms with Crippen molar-refractivity contribution in [1.82, 2.24) is 4.31 Å². The van der Waals surface area contributed by atoms with Gasteiger partial charge in [0.1, 0.15) is 5.78 Å². The summed E-state index contributed by atoms with van der Waals surface area (Å²) in [7, 11) is -3.61. The molecule has 6 nitrogen and oxygen atoms in total. The SMILES string of the molecule is C[C@H]1CC(CC(=O)c2ccc3c(c2)CC(=O)C3)CCN1S(=O)(=O)c1ccc(C(C)(C)N)cc1. The van der Waals surface area contributed by atoms with Crippen molar-refractivity contribution >= 4 is 21.6 Å². The number of carbonyl (C=O) groups is 2. The summed E-state index contributed by atoms with van der Waals surface area (Å²) in [6.07, 6.45) is 2.55. The molecule has 0 bridgehead atoms. The summed E-state index contributed by atoms with van der Waals surface area (Å²) in [6.45, 7) is 6.07. The molecule has 7 heteroatoms. The highest BCUT2D eigenvalue weighted by atomic mass is 32.2. The van der Waals surface area contributed by atoms with Crippen LogP contribution in [0.2, 0.25) is 0 Å². The molecule has 1 unspecified atom stereocenters. The van der Waals surface area contributed by atoms with Crippen molar-refractivity contribution in [2.45, 2.75) is 69.4 Å². The normalized spacial score (nSPS) is 21.8. The molecular weight excluding hydrogens is 436 g/mol. The number of nitrogens with two attached hydrogens (primary N) is 1. The van der Waals surface area contributed by atoms with Gasteiger partial charge in [-0.15, -0.1) is 0 Å². The van der Waals surface area contributed by atoms with Crippen LogP contribution < -0.4 is 5.73 Å². The highest BCUT2D eigenvalue weighted by Gasteiger charge is 2.35. The Balaban J connectivity index is 1.41. The van der Waals surface area contributed by atoms with Gasteiger partial charge in [-0.1, -0.05) is 24.3 Å². The van der Waals surface area contributed by atoms with Gasteiger partial charge in [-0.25, -0.2) is 8.42 Å². The fraction of sp³-hybridized carbons (Fsp3) is 0.462. The van der Waals surface area contributed by atoms with E-state index in [9.17, 15) is 18.0 Å². The highest BCUT2D eigenvalue weighted by Crippen LogP contribution is 2.32. The zero-order valence-electron chi connectivity index (χ0n) is 19.5. The molecule has 1 saturated heterocycles. The Bertz CT molecular complexity index is 1180. The molecule has 2 N–H and O–H groups in total. The molecule has 1 aliphatic carbocycles. The molecule has 0 spiro atoms. The van der Waals surface area contributed by atoms with Crippen LogP contribution in [0.4, 0.5) is 0 Å². The molecule has 2 aromatic rings. The van der Waals surface area contributed by atoms with Gasteiger partial charge in [0.2, 0.25) is 10.0 Å². The van der Waals surface area contributed by atoms with Gasteiger partial charge in [0.25, 0.3) is 0 Å². The first-order valence-electron chi connectivity index (χ1n) is 11.5. The largest absolute Gasteiger partial charge is 0.322 e. The molecule has 1 aliphatic heterocycles. The third-order valence-electron chi connectivity index (χ3n) is 6.91. The number of Topliss-reactive ketones (excluding diaryl/α,β-unsaturated/α-hetero) is 2. The van der Waals surface area contributed by atoms with Gasteiger partial charge in [0.15, 0.2) is 5.78 Å². The van der Waals surface area contributed by atoms with Crippen molar-refractivity contribution in [2.24, 2.45) is 11.7 Å². The zero-order chi connectivity index (χ0) is 24.0. The Kier molecular flexibility index (Phi) is 6.33. The van der Waals surface area contributed by atoms with Gasteiger partial charge in [0.05, 0.1) is 4.90 Å². The first kappa shape index (κ1) is 23.8. The smallest absolute Gasteiger partial charge is 0.243 e. The third kappa shape index (κ3) is 4.95. The van der Waals surface area contributed by atoms with Crippen LogP contribution >= 0.6 is 0 Å². The van der Waals surface area contributed by atoms with E-state index in [-0.39, 0.29) is 28.4 Å². The number of carbonyl (C=O) groups excluding carboxylic acids is 2. The van der Waals surface area contributed by atoms with Crippen LogP contribution in [-0.4, -0.2) is 36.9 Å². The van der Waals surface area contributed by atoms with E-state index in [0.29, 0.717) is 44.2 Å². The quantitative estimate of drug-likeness (QED) is 0.653. The molecule has 2 aliphatic rings. The number of piperidine rings is 1. The predicted molar refractivity (Wildman–Crippen MR) is 128 cm³/mol. The molecule has 4 rings (SSSR count). The summed E-state index contributed by atoms with van der Waals surface area (Å²) in [4.78, 5) is 24.8. The lowest BCUT2D eigenvalue weighted by atomic mass is 9.87. The molecule has 1 fully saturated rings. The van der Waals surface area contributed by atoms with Crippen LogP contribution in [0.3, 0.4) is 0 Å². The van der Waals surface area contributed by atoms with Gasteiger partial charge in [-0.2, -0.15) is 4.31 Å². The molecule has 0 radical (unpaired) electrons. The van der Waals surface area contributed by atoms with Gasteiger partial charge in [0, 0.05) is 43.0 Å². The van der Waals surface area contributed by atoms with E-state index in [1.807, 2.05) is 39.0 Å². The molecule has 33 heavy (non-hydrogen) atoms. The van der Waals surface area contributed by atoms with E-state index in [0.717, 1.165) is 16.7 Å². The molecule has 0 saturated carbocycles. The van der Waals surface area contributed by atoms with Crippen molar-refractivity contribution in [3.05, 3.63) is 64.7 Å². The summed E-state index contributed by atoms with van der Waals surface area (Å²) in [5.74, 6) is 0.387. The number of nitrogens with zero attached hydrogens (tertiary/aromatic N) is 1. The number of fused-ring (bicyclic) bond motifs is 1. The molecule has 0 aromatic heterocycles. The summed E-state index contributed by atoms with van der Waals surface area (Å²) < 4.78 is 28.0. The minimum atomic E-state index is -3.61. The van der Waals surface area contributed by atoms with E-state index >= 15 is 0 Å². The highest BCUT2D eigenvalue weighted by molar-refractivity contribution is 7.89. The summed E-state index contributed by atoms with van der Waals surface area (Å²) in [5.41, 5.74) is 9.08. The van der Waals surface area contributed by atoms with E-state index in [1.54, 1.807) is 28.6 Å². The Labute approximate surface area is 196 Å². The second kappa shape index (κ2) is 8.78. The number of ketones is 2. The maximum absolute atomic E-state index is 13.2. The lowest BCUT2D eigenvalue weighted by Gasteiger charge is -2.36. The van der Waals surface area contributed by atoms with E-state index in [2.05, 4.69) is 0 Å². The molecule has 2 atom stereocenters. The Morgan fingerprint density at radius 2 is 1.76 bits per heavy atom. The third-order valence-corrected chi connectivity index (χ3v) is 8.93. The second-order valence-electron chi connectivity index (χ2n) is 10.1. The van der Waals surface area contributed by atoms with Crippen LogP contribution in [0.5, 0.6) is 0 Å². The van der Waals surface area contributed by atoms with Crippen LogP contribution in [0, 0.1) is 5.92 Å². The Morgan fingerprint density at radius 1 is 1.09 bits per heavy atom. The average Bonchev–Trinajstić information content (AvgIpc) is 3.12. The van der Waals surface area contributed by atoms with Crippen molar-refractivity contribution < 1.29 is 18.0 Å². The summed E-state index contributed by atoms with van der Waals surface area (Å²) in [6, 6.07) is 12.2. The fourth-order valence-electron chi connectivity index (χ4n) is 4.99. The van der Waals surface area contributed by atoms with Crippen LogP contribution in [0.15, 0.2) is 47.4 Å². The molecule has 0 amide bonds. The number of hydrogen-bond donors (Lipinski definition) is 1. The van der Waals surface area contributed by atoms with E-state index in [1.165, 1.54) is 0 Å². The zero-order valence-corrected chi connectivity index (χ0v) is 20.3. The summed E-state index contributed by atoms with van der Waals surface area (Å²) in [5, 5.41) is 0. The standard InChI is InChI=1S/C26H32N2O4S/c1-17-12-18(13-25(30)20-5-4-19-15-23(29)16-21(19)14-20)10-11-28(17)33(31,32)24-8-6-22(7-9-24)26(2,3)27/h4-9,14,17-18H,10-13,15-16,27H2,1-3H3/t17-,18?/m0/s1. The Morgan fingerprint density at radius 3 is 2.39 bits per heavy atom. The number of hydrogen-bond acceptors (Lipinski definition) is 5. The van der Waals surface area contributed by atoms with Crippen LogP contribution in [0.1, 0.15) is 67.1 Å². The monoisotopic (exact) mass is 468 g/mol. The first-order chi connectivity index (χ1) is 15.4. The predicted octanol–water partition coefficient (Wildman–Crippen LogP) is 3.61. The second-order valence-corrected chi connectivity index (χ2v) is 12.0. The van der Waals surface area contributed by atoms with Gasteiger partial charge < -0.3 is 5.73 Å². The topological polar surface area (TPSA) is 97.5 Å². The van der Waals surface area contributed by atoms with Gasteiger partial charge in [-0.05, 0) is 74.4 Å². The molecular formula is C26H32N2O4S. The lowest BCUT2D eigenvalue weighted by Crippen LogP contribution is -2.44. The first-order valence-corrected chi connectivity index (χ1v) is 13.0. The van der Waals surface area contributed by atoms with Crippen LogP contribution in [-0.2, 0) is 33.2 Å².